The van der Waals surface area contributed by atoms with E-state index in [4.69, 9.17) is 0 Å². The second-order valence-electron chi connectivity index (χ2n) is 8.96. The third-order valence-electron chi connectivity index (χ3n) is 6.43. The number of piperazine rings is 2. The maximum Gasteiger partial charge on any atom is 0.416 e. The summed E-state index contributed by atoms with van der Waals surface area (Å²) in [4.78, 5) is 43.5. The zero-order valence-electron chi connectivity index (χ0n) is 19.9. The average molecular weight is 582 g/mol. The molecule has 2 aliphatic heterocycles. The minimum absolute atomic E-state index is 0.0640. The number of anilines is 2. The van der Waals surface area contributed by atoms with Gasteiger partial charge < -0.3 is 20.4 Å². The van der Waals surface area contributed by atoms with Crippen LogP contribution in [0.2, 0.25) is 0 Å². The van der Waals surface area contributed by atoms with Gasteiger partial charge in [0, 0.05) is 55.1 Å². The fourth-order valence-corrected chi connectivity index (χ4v) is 4.73. The largest absolute Gasteiger partial charge is 0.416 e. The van der Waals surface area contributed by atoms with Gasteiger partial charge in [0.15, 0.2) is 0 Å². The van der Waals surface area contributed by atoms with Crippen LogP contribution in [0.25, 0.3) is 0 Å². The van der Waals surface area contributed by atoms with Crippen molar-refractivity contribution in [2.24, 2.45) is 0 Å². The van der Waals surface area contributed by atoms with E-state index in [1.54, 1.807) is 30.3 Å². The quantitative estimate of drug-likeness (QED) is 0.548. The number of carbonyl (C=O) groups is 3. The number of benzene rings is 2. The zero-order chi connectivity index (χ0) is 26.6. The van der Waals surface area contributed by atoms with Crippen molar-refractivity contribution in [1.29, 1.82) is 0 Å². The number of hydrogen-bond acceptors (Lipinski definition) is 5. The molecular weight excluding hydrogens is 555 g/mol. The summed E-state index contributed by atoms with van der Waals surface area (Å²) in [6.07, 6.45) is -4.58. The van der Waals surface area contributed by atoms with Gasteiger partial charge in [-0.2, -0.15) is 13.2 Å². The summed E-state index contributed by atoms with van der Waals surface area (Å²) >= 11 is 3.33. The van der Waals surface area contributed by atoms with Crippen molar-refractivity contribution in [2.75, 3.05) is 56.0 Å². The predicted octanol–water partition coefficient (Wildman–Crippen LogP) is 2.95. The van der Waals surface area contributed by atoms with E-state index in [2.05, 4.69) is 26.6 Å². The summed E-state index contributed by atoms with van der Waals surface area (Å²) in [7, 11) is 0. The molecule has 2 heterocycles. The number of nitrogens with one attached hydrogen (secondary N) is 2. The van der Waals surface area contributed by atoms with E-state index in [1.807, 2.05) is 9.80 Å². The fourth-order valence-electron chi connectivity index (χ4n) is 4.46. The maximum absolute atomic E-state index is 13.1. The number of carbonyl (C=O) groups excluding carboxylic acids is 3. The number of nitrogens with zero attached hydrogens (tertiary/aromatic N) is 3. The Labute approximate surface area is 220 Å². The predicted molar refractivity (Wildman–Crippen MR) is 136 cm³/mol. The highest BCUT2D eigenvalue weighted by Gasteiger charge is 2.36. The van der Waals surface area contributed by atoms with Gasteiger partial charge in [-0.25, -0.2) is 0 Å². The number of hydrogen-bond donors (Lipinski definition) is 2. The van der Waals surface area contributed by atoms with Crippen LogP contribution in [0, 0.1) is 0 Å². The Balaban J connectivity index is 1.32. The topological polar surface area (TPSA) is 85.0 Å². The van der Waals surface area contributed by atoms with Crippen molar-refractivity contribution in [1.82, 2.24) is 15.1 Å². The molecule has 2 aromatic rings. The highest BCUT2D eigenvalue weighted by molar-refractivity contribution is 9.10. The molecule has 0 unspecified atom stereocenters. The second-order valence-corrected chi connectivity index (χ2v) is 9.88. The van der Waals surface area contributed by atoms with Gasteiger partial charge in [0.2, 0.25) is 17.7 Å². The van der Waals surface area contributed by atoms with E-state index < -0.39 is 17.8 Å². The van der Waals surface area contributed by atoms with E-state index >= 15 is 0 Å². The van der Waals surface area contributed by atoms with Gasteiger partial charge in [-0.15, -0.1) is 0 Å². The highest BCUT2D eigenvalue weighted by atomic mass is 79.9. The molecule has 0 spiro atoms. The first-order valence-corrected chi connectivity index (χ1v) is 12.7. The molecule has 37 heavy (non-hydrogen) atoms. The van der Waals surface area contributed by atoms with Crippen LogP contribution >= 0.6 is 15.9 Å². The van der Waals surface area contributed by atoms with Gasteiger partial charge in [-0.1, -0.05) is 22.0 Å². The van der Waals surface area contributed by atoms with Crippen LogP contribution in [-0.4, -0.2) is 79.4 Å². The first kappa shape index (κ1) is 26.9. The summed E-state index contributed by atoms with van der Waals surface area (Å²) in [5, 5.41) is 5.46. The van der Waals surface area contributed by atoms with Crippen LogP contribution in [0.1, 0.15) is 12.0 Å². The zero-order valence-corrected chi connectivity index (χ0v) is 21.5. The van der Waals surface area contributed by atoms with Crippen molar-refractivity contribution < 1.29 is 27.6 Å². The van der Waals surface area contributed by atoms with Crippen LogP contribution in [0.3, 0.4) is 0 Å². The fraction of sp³-hybridized carbons (Fsp3) is 0.400. The Morgan fingerprint density at radius 3 is 2.41 bits per heavy atom. The molecule has 0 saturated carbocycles. The Hall–Kier alpha value is -3.12. The minimum atomic E-state index is -4.41. The van der Waals surface area contributed by atoms with Gasteiger partial charge in [-0.3, -0.25) is 19.3 Å². The second kappa shape index (κ2) is 11.5. The van der Waals surface area contributed by atoms with Gasteiger partial charge in [-0.05, 0) is 42.5 Å². The lowest BCUT2D eigenvalue weighted by Gasteiger charge is -2.39. The lowest BCUT2D eigenvalue weighted by molar-refractivity contribution is -0.145. The number of rotatable bonds is 6. The van der Waals surface area contributed by atoms with Crippen molar-refractivity contribution in [3.63, 3.8) is 0 Å². The molecule has 2 saturated heterocycles. The standard InChI is InChI=1S/C25H27BrF3N5O3/c26-18-4-6-19(7-5-18)31-22(35)15-21-24(37)30-8-9-34(21)23(36)16-32-10-12-33(13-11-32)20-3-1-2-17(14-20)25(27,28)29/h1-7,14,21H,8-13,15-16H2,(H,30,37)(H,31,35)/t21-/m0/s1. The molecule has 1 atom stereocenters. The van der Waals surface area contributed by atoms with Gasteiger partial charge in [0.25, 0.3) is 0 Å². The van der Waals surface area contributed by atoms with Gasteiger partial charge in [0.1, 0.15) is 6.04 Å². The third kappa shape index (κ3) is 7.01. The van der Waals surface area contributed by atoms with Crippen molar-refractivity contribution >= 4 is 45.0 Å². The summed E-state index contributed by atoms with van der Waals surface area (Å²) in [5.74, 6) is -1.01. The Bertz CT molecular complexity index is 1140. The van der Waals surface area contributed by atoms with Crippen molar-refractivity contribution in [3.05, 3.63) is 58.6 Å². The molecule has 0 bridgehead atoms. The molecule has 198 valence electrons. The Kier molecular flexibility index (Phi) is 8.38. The van der Waals surface area contributed by atoms with E-state index in [-0.39, 0.29) is 30.7 Å². The Morgan fingerprint density at radius 2 is 1.73 bits per heavy atom. The number of halogens is 4. The SMILES string of the molecule is O=C(C[C@H]1C(=O)NCCN1C(=O)CN1CCN(c2cccc(C(F)(F)F)c2)CC1)Nc1ccc(Br)cc1. The number of alkyl halides is 3. The number of amides is 3. The van der Waals surface area contributed by atoms with Crippen LogP contribution in [-0.2, 0) is 20.6 Å². The smallest absolute Gasteiger partial charge is 0.369 e. The van der Waals surface area contributed by atoms with E-state index in [0.29, 0.717) is 50.6 Å². The van der Waals surface area contributed by atoms with Crippen LogP contribution in [0.5, 0.6) is 0 Å². The molecule has 0 radical (unpaired) electrons. The average Bonchev–Trinajstić information content (AvgIpc) is 2.86. The van der Waals surface area contributed by atoms with Gasteiger partial charge in [0.05, 0.1) is 18.5 Å². The van der Waals surface area contributed by atoms with Crippen molar-refractivity contribution in [3.8, 4) is 0 Å². The normalized spacial score (nSPS) is 18.9. The summed E-state index contributed by atoms with van der Waals surface area (Å²) < 4.78 is 40.0. The first-order chi connectivity index (χ1) is 17.6. The van der Waals surface area contributed by atoms with Crippen LogP contribution < -0.4 is 15.5 Å². The molecule has 2 aliphatic rings. The summed E-state index contributed by atoms with van der Waals surface area (Å²) in [6.45, 7) is 2.56. The van der Waals surface area contributed by atoms with Crippen molar-refractivity contribution in [2.45, 2.75) is 18.6 Å². The van der Waals surface area contributed by atoms with E-state index in [9.17, 15) is 27.6 Å². The monoisotopic (exact) mass is 581 g/mol. The lowest BCUT2D eigenvalue weighted by atomic mass is 10.1. The molecule has 0 aromatic heterocycles. The molecule has 2 aromatic carbocycles. The summed E-state index contributed by atoms with van der Waals surface area (Å²) in [6, 6.07) is 11.3. The molecule has 12 heteroatoms. The highest BCUT2D eigenvalue weighted by Crippen LogP contribution is 2.32. The van der Waals surface area contributed by atoms with E-state index in [0.717, 1.165) is 16.6 Å². The molecule has 8 nitrogen and oxygen atoms in total. The van der Waals surface area contributed by atoms with Gasteiger partial charge >= 0.3 is 6.18 Å². The molecule has 2 fully saturated rings. The van der Waals surface area contributed by atoms with Crippen LogP contribution in [0.4, 0.5) is 24.5 Å². The third-order valence-corrected chi connectivity index (χ3v) is 6.96. The molecule has 2 N–H and O–H groups in total. The molecular formula is C25H27BrF3N5O3. The minimum Gasteiger partial charge on any atom is -0.369 e. The lowest BCUT2D eigenvalue weighted by Crippen LogP contribution is -2.60. The first-order valence-electron chi connectivity index (χ1n) is 11.9. The Morgan fingerprint density at radius 1 is 1.03 bits per heavy atom. The van der Waals surface area contributed by atoms with E-state index in [1.165, 1.54) is 11.0 Å². The molecule has 0 aliphatic carbocycles. The van der Waals surface area contributed by atoms with Crippen LogP contribution in [0.15, 0.2) is 53.0 Å². The maximum atomic E-state index is 13.1. The molecule has 4 rings (SSSR count). The summed E-state index contributed by atoms with van der Waals surface area (Å²) in [5.41, 5.74) is 0.382. The molecule has 3 amide bonds.